The summed E-state index contributed by atoms with van der Waals surface area (Å²) in [6.07, 6.45) is 1.23. The van der Waals surface area contributed by atoms with Crippen molar-refractivity contribution in [2.45, 2.75) is 40.2 Å². The molecule has 1 N–H and O–H groups in total. The van der Waals surface area contributed by atoms with Crippen molar-refractivity contribution in [3.63, 3.8) is 0 Å². The van der Waals surface area contributed by atoms with Crippen molar-refractivity contribution in [1.82, 2.24) is 5.32 Å². The van der Waals surface area contributed by atoms with Gasteiger partial charge in [0.2, 0.25) is 0 Å². The fraction of sp³-hybridized carbons (Fsp3) is 0.600. The van der Waals surface area contributed by atoms with Crippen molar-refractivity contribution in [3.05, 3.63) is 28.8 Å². The van der Waals surface area contributed by atoms with E-state index in [1.165, 1.54) is 35.3 Å². The zero-order chi connectivity index (χ0) is 12.4. The fourth-order valence-corrected chi connectivity index (χ4v) is 2.97. The second kappa shape index (κ2) is 5.09. The lowest BCUT2D eigenvalue weighted by Crippen LogP contribution is -2.38. The van der Waals surface area contributed by atoms with Crippen LogP contribution in [0.15, 0.2) is 12.1 Å². The lowest BCUT2D eigenvalue weighted by Gasteiger charge is -2.32. The third-order valence-corrected chi connectivity index (χ3v) is 3.65. The van der Waals surface area contributed by atoms with Gasteiger partial charge in [0.05, 0.1) is 0 Å². The van der Waals surface area contributed by atoms with Crippen LogP contribution in [-0.4, -0.2) is 25.7 Å². The van der Waals surface area contributed by atoms with Gasteiger partial charge in [-0.2, -0.15) is 0 Å². The highest BCUT2D eigenvalue weighted by Gasteiger charge is 2.20. The number of hydrogen-bond acceptors (Lipinski definition) is 2. The molecule has 17 heavy (non-hydrogen) atoms. The molecule has 2 rings (SSSR count). The van der Waals surface area contributed by atoms with Crippen LogP contribution in [0.1, 0.15) is 30.0 Å². The van der Waals surface area contributed by atoms with E-state index in [9.17, 15) is 0 Å². The van der Waals surface area contributed by atoms with E-state index in [1.54, 1.807) is 0 Å². The SMILES string of the molecule is Cc1cc(C)c(N2CCCNCC2C)c(C)c1. The van der Waals surface area contributed by atoms with E-state index in [0.29, 0.717) is 6.04 Å². The normalized spacial score (nSPS) is 21.4. The van der Waals surface area contributed by atoms with Crippen molar-refractivity contribution in [1.29, 1.82) is 0 Å². The predicted molar refractivity (Wildman–Crippen MR) is 74.9 cm³/mol. The van der Waals surface area contributed by atoms with Crippen molar-refractivity contribution < 1.29 is 0 Å². The minimum absolute atomic E-state index is 0.581. The molecule has 0 amide bonds. The highest BCUT2D eigenvalue weighted by atomic mass is 15.2. The first-order valence-electron chi connectivity index (χ1n) is 6.65. The van der Waals surface area contributed by atoms with E-state index in [1.807, 2.05) is 0 Å². The summed E-state index contributed by atoms with van der Waals surface area (Å²) < 4.78 is 0. The number of benzene rings is 1. The zero-order valence-corrected chi connectivity index (χ0v) is 11.5. The zero-order valence-electron chi connectivity index (χ0n) is 11.5. The van der Waals surface area contributed by atoms with E-state index >= 15 is 0 Å². The Bertz CT molecular complexity index is 375. The Hall–Kier alpha value is -1.02. The van der Waals surface area contributed by atoms with Crippen molar-refractivity contribution in [2.75, 3.05) is 24.5 Å². The lowest BCUT2D eigenvalue weighted by atomic mass is 10.0. The van der Waals surface area contributed by atoms with Gasteiger partial charge in [0.1, 0.15) is 0 Å². The number of aryl methyl sites for hydroxylation is 3. The molecule has 0 radical (unpaired) electrons. The third kappa shape index (κ3) is 2.63. The molecule has 1 aliphatic rings. The average molecular weight is 232 g/mol. The Labute approximate surface area is 105 Å². The molecule has 1 unspecified atom stereocenters. The fourth-order valence-electron chi connectivity index (χ4n) is 2.97. The maximum absolute atomic E-state index is 3.51. The summed E-state index contributed by atoms with van der Waals surface area (Å²) in [6, 6.07) is 5.18. The summed E-state index contributed by atoms with van der Waals surface area (Å²) in [6.45, 7) is 12.4. The Morgan fingerprint density at radius 1 is 1.18 bits per heavy atom. The van der Waals surface area contributed by atoms with Crippen LogP contribution < -0.4 is 10.2 Å². The van der Waals surface area contributed by atoms with Gasteiger partial charge in [0, 0.05) is 24.8 Å². The van der Waals surface area contributed by atoms with E-state index in [4.69, 9.17) is 0 Å². The van der Waals surface area contributed by atoms with E-state index in [-0.39, 0.29) is 0 Å². The number of nitrogens with zero attached hydrogens (tertiary/aromatic N) is 1. The van der Waals surface area contributed by atoms with Crippen LogP contribution in [-0.2, 0) is 0 Å². The van der Waals surface area contributed by atoms with Gasteiger partial charge in [-0.25, -0.2) is 0 Å². The highest BCUT2D eigenvalue weighted by Crippen LogP contribution is 2.28. The molecule has 94 valence electrons. The summed E-state index contributed by atoms with van der Waals surface area (Å²) in [5.41, 5.74) is 5.64. The number of rotatable bonds is 1. The van der Waals surface area contributed by atoms with Gasteiger partial charge in [-0.1, -0.05) is 17.7 Å². The Kier molecular flexibility index (Phi) is 3.72. The van der Waals surface area contributed by atoms with Gasteiger partial charge >= 0.3 is 0 Å². The van der Waals surface area contributed by atoms with Gasteiger partial charge in [0.15, 0.2) is 0 Å². The molecule has 2 heteroatoms. The summed E-state index contributed by atoms with van der Waals surface area (Å²) >= 11 is 0. The van der Waals surface area contributed by atoms with Crippen molar-refractivity contribution >= 4 is 5.69 Å². The predicted octanol–water partition coefficient (Wildman–Crippen LogP) is 2.80. The number of nitrogens with one attached hydrogen (secondary N) is 1. The van der Waals surface area contributed by atoms with Crippen LogP contribution >= 0.6 is 0 Å². The van der Waals surface area contributed by atoms with Crippen molar-refractivity contribution in [2.24, 2.45) is 0 Å². The molecule has 1 atom stereocenters. The Morgan fingerprint density at radius 3 is 2.47 bits per heavy atom. The molecular formula is C15H24N2. The third-order valence-electron chi connectivity index (χ3n) is 3.65. The minimum atomic E-state index is 0.581. The molecule has 1 aromatic carbocycles. The van der Waals surface area contributed by atoms with Crippen LogP contribution in [0.5, 0.6) is 0 Å². The van der Waals surface area contributed by atoms with E-state index in [2.05, 4.69) is 50.0 Å². The molecule has 0 aromatic heterocycles. The summed E-state index contributed by atoms with van der Waals surface area (Å²) in [7, 11) is 0. The maximum atomic E-state index is 3.51. The van der Waals surface area contributed by atoms with E-state index < -0.39 is 0 Å². The molecular weight excluding hydrogens is 208 g/mol. The second-order valence-electron chi connectivity index (χ2n) is 5.35. The average Bonchev–Trinajstić information content (AvgIpc) is 2.43. The summed E-state index contributed by atoms with van der Waals surface area (Å²) in [4.78, 5) is 2.57. The highest BCUT2D eigenvalue weighted by molar-refractivity contribution is 5.61. The van der Waals surface area contributed by atoms with Gasteiger partial charge in [-0.05, 0) is 51.8 Å². The standard InChI is InChI=1S/C15H24N2/c1-11-8-12(2)15(13(3)9-11)17-7-5-6-16-10-14(17)4/h8-9,14,16H,5-7,10H2,1-4H3. The van der Waals surface area contributed by atoms with Crippen LogP contribution in [0, 0.1) is 20.8 Å². The smallest absolute Gasteiger partial charge is 0.0428 e. The molecule has 0 aliphatic carbocycles. The molecule has 0 saturated carbocycles. The van der Waals surface area contributed by atoms with Gasteiger partial charge < -0.3 is 10.2 Å². The molecule has 0 bridgehead atoms. The van der Waals surface area contributed by atoms with Gasteiger partial charge in [-0.3, -0.25) is 0 Å². The van der Waals surface area contributed by atoms with Crippen LogP contribution in [0.4, 0.5) is 5.69 Å². The maximum Gasteiger partial charge on any atom is 0.0428 e. The first-order valence-corrected chi connectivity index (χ1v) is 6.65. The van der Waals surface area contributed by atoms with Crippen LogP contribution in [0.2, 0.25) is 0 Å². The lowest BCUT2D eigenvalue weighted by molar-refractivity contribution is 0.628. The number of anilines is 1. The minimum Gasteiger partial charge on any atom is -0.367 e. The van der Waals surface area contributed by atoms with E-state index in [0.717, 1.165) is 13.1 Å². The molecule has 1 aliphatic heterocycles. The molecule has 0 spiro atoms. The summed E-state index contributed by atoms with van der Waals surface area (Å²) in [5.74, 6) is 0. The Balaban J connectivity index is 2.37. The van der Waals surface area contributed by atoms with Crippen molar-refractivity contribution in [3.8, 4) is 0 Å². The quantitative estimate of drug-likeness (QED) is 0.801. The molecule has 1 aromatic rings. The molecule has 1 fully saturated rings. The first kappa shape index (κ1) is 12.4. The summed E-state index contributed by atoms with van der Waals surface area (Å²) in [5, 5.41) is 3.51. The van der Waals surface area contributed by atoms with Crippen LogP contribution in [0.3, 0.4) is 0 Å². The molecule has 2 nitrogen and oxygen atoms in total. The molecule has 1 saturated heterocycles. The van der Waals surface area contributed by atoms with Gasteiger partial charge in [-0.15, -0.1) is 0 Å². The largest absolute Gasteiger partial charge is 0.367 e. The number of hydrogen-bond donors (Lipinski definition) is 1. The second-order valence-corrected chi connectivity index (χ2v) is 5.35. The van der Waals surface area contributed by atoms with Crippen LogP contribution in [0.25, 0.3) is 0 Å². The monoisotopic (exact) mass is 232 g/mol. The Morgan fingerprint density at radius 2 is 1.82 bits per heavy atom. The molecule has 1 heterocycles. The first-order chi connectivity index (χ1) is 8.09. The topological polar surface area (TPSA) is 15.3 Å². The van der Waals surface area contributed by atoms with Gasteiger partial charge in [0.25, 0.3) is 0 Å².